The number of rotatable bonds is 7. The van der Waals surface area contributed by atoms with Crippen LogP contribution < -0.4 is 0 Å². The zero-order valence-corrected chi connectivity index (χ0v) is 10.6. The van der Waals surface area contributed by atoms with Crippen LogP contribution in [-0.4, -0.2) is 49.5 Å². The molecule has 0 bridgehead atoms. The molecule has 5 nitrogen and oxygen atoms in total. The molecule has 1 atom stereocenters. The summed E-state index contributed by atoms with van der Waals surface area (Å²) in [6.07, 6.45) is 2.02. The third kappa shape index (κ3) is 3.02. The van der Waals surface area contributed by atoms with E-state index in [4.69, 9.17) is 22.8 Å². The van der Waals surface area contributed by atoms with E-state index >= 15 is 0 Å². The van der Waals surface area contributed by atoms with Gasteiger partial charge in [0.05, 0.1) is 6.61 Å². The molecule has 1 saturated heterocycles. The summed E-state index contributed by atoms with van der Waals surface area (Å²) >= 11 is 0. The van der Waals surface area contributed by atoms with Crippen molar-refractivity contribution in [3.63, 3.8) is 0 Å². The van der Waals surface area contributed by atoms with E-state index in [1.54, 1.807) is 21.3 Å². The van der Waals surface area contributed by atoms with E-state index in [1.165, 1.54) is 0 Å². The van der Waals surface area contributed by atoms with Crippen molar-refractivity contribution in [1.82, 2.24) is 0 Å². The van der Waals surface area contributed by atoms with Gasteiger partial charge in [0.25, 0.3) is 0 Å². The molecule has 0 aromatic carbocycles. The first-order valence-electron chi connectivity index (χ1n) is 4.79. The van der Waals surface area contributed by atoms with Gasteiger partial charge in [0.2, 0.25) is 0 Å². The Hall–Kier alpha value is -0.403. The van der Waals surface area contributed by atoms with Gasteiger partial charge in [0.1, 0.15) is 12.7 Å². The van der Waals surface area contributed by atoms with Crippen LogP contribution in [0.2, 0.25) is 0 Å². The van der Waals surface area contributed by atoms with Crippen LogP contribution in [0.4, 0.5) is 0 Å². The standard InChI is InChI=1S/C9H18O5Si/c1-5-9(14-7-8-6-13-8)15(10-2,11-3)12-4/h5,8H,6-7H2,1-4H3. The van der Waals surface area contributed by atoms with E-state index in [1.807, 2.05) is 13.0 Å². The maximum absolute atomic E-state index is 5.58. The van der Waals surface area contributed by atoms with Crippen molar-refractivity contribution in [2.75, 3.05) is 34.5 Å². The third-order valence-corrected chi connectivity index (χ3v) is 4.85. The molecule has 1 unspecified atom stereocenters. The summed E-state index contributed by atoms with van der Waals surface area (Å²) in [5.41, 5.74) is 0. The molecule has 1 aliphatic rings. The van der Waals surface area contributed by atoms with Crippen molar-refractivity contribution in [3.8, 4) is 0 Å². The van der Waals surface area contributed by atoms with Crippen LogP contribution in [0.3, 0.4) is 0 Å². The minimum Gasteiger partial charge on any atom is -0.492 e. The molecule has 0 radical (unpaired) electrons. The zero-order chi connectivity index (χ0) is 11.3. The first kappa shape index (κ1) is 12.7. The number of allylic oxidation sites excluding steroid dienone is 1. The third-order valence-electron chi connectivity index (χ3n) is 2.20. The van der Waals surface area contributed by atoms with Crippen molar-refractivity contribution >= 4 is 8.80 Å². The summed E-state index contributed by atoms with van der Waals surface area (Å²) in [4.78, 5) is 0. The quantitative estimate of drug-likeness (QED) is 0.369. The van der Waals surface area contributed by atoms with Gasteiger partial charge in [-0.1, -0.05) is 0 Å². The first-order chi connectivity index (χ1) is 7.22. The van der Waals surface area contributed by atoms with E-state index < -0.39 is 8.80 Å². The number of ether oxygens (including phenoxy) is 2. The first-order valence-corrected chi connectivity index (χ1v) is 6.51. The van der Waals surface area contributed by atoms with Gasteiger partial charge in [-0.15, -0.1) is 0 Å². The van der Waals surface area contributed by atoms with Crippen LogP contribution >= 0.6 is 0 Å². The molecule has 0 aromatic heterocycles. The fraction of sp³-hybridized carbons (Fsp3) is 0.778. The highest BCUT2D eigenvalue weighted by molar-refractivity contribution is 6.67. The Morgan fingerprint density at radius 2 is 1.87 bits per heavy atom. The average Bonchev–Trinajstić information content (AvgIpc) is 3.09. The maximum Gasteiger partial charge on any atom is 0.572 e. The molecule has 0 aromatic rings. The zero-order valence-electron chi connectivity index (χ0n) is 9.61. The second kappa shape index (κ2) is 5.62. The summed E-state index contributed by atoms with van der Waals surface area (Å²) in [7, 11) is 1.86. The number of hydrogen-bond acceptors (Lipinski definition) is 5. The average molecular weight is 234 g/mol. The molecule has 1 heterocycles. The largest absolute Gasteiger partial charge is 0.572 e. The Bertz CT molecular complexity index is 214. The van der Waals surface area contributed by atoms with Crippen molar-refractivity contribution in [2.45, 2.75) is 13.0 Å². The smallest absolute Gasteiger partial charge is 0.492 e. The summed E-state index contributed by atoms with van der Waals surface area (Å²) in [6, 6.07) is 0. The van der Waals surface area contributed by atoms with Gasteiger partial charge in [0.15, 0.2) is 5.38 Å². The fourth-order valence-corrected chi connectivity index (χ4v) is 2.96. The highest BCUT2D eigenvalue weighted by Crippen LogP contribution is 2.21. The van der Waals surface area contributed by atoms with Gasteiger partial charge >= 0.3 is 8.80 Å². The Morgan fingerprint density at radius 3 is 2.20 bits per heavy atom. The minimum absolute atomic E-state index is 0.206. The van der Waals surface area contributed by atoms with Crippen LogP contribution in [0.25, 0.3) is 0 Å². The number of hydrogen-bond donors (Lipinski definition) is 0. The summed E-state index contributed by atoms with van der Waals surface area (Å²) in [6.45, 7) is 3.14. The summed E-state index contributed by atoms with van der Waals surface area (Å²) in [5.74, 6) is 0. The second-order valence-electron chi connectivity index (χ2n) is 3.09. The second-order valence-corrected chi connectivity index (χ2v) is 5.92. The lowest BCUT2D eigenvalue weighted by molar-refractivity contribution is 0.0941. The van der Waals surface area contributed by atoms with Crippen molar-refractivity contribution in [3.05, 3.63) is 11.5 Å². The molecule has 0 saturated carbocycles. The van der Waals surface area contributed by atoms with Crippen molar-refractivity contribution in [2.24, 2.45) is 0 Å². The van der Waals surface area contributed by atoms with Gasteiger partial charge in [-0.2, -0.15) is 0 Å². The predicted octanol–water partition coefficient (Wildman–Crippen LogP) is 0.723. The van der Waals surface area contributed by atoms with Crippen LogP contribution in [0.1, 0.15) is 6.92 Å². The molecule has 0 N–H and O–H groups in total. The lowest BCUT2D eigenvalue weighted by Crippen LogP contribution is -2.46. The maximum atomic E-state index is 5.58. The van der Waals surface area contributed by atoms with Gasteiger partial charge in [-0.25, -0.2) is 0 Å². The van der Waals surface area contributed by atoms with Crippen LogP contribution in [0.15, 0.2) is 11.5 Å². The van der Waals surface area contributed by atoms with Crippen LogP contribution in [0.5, 0.6) is 0 Å². The van der Waals surface area contributed by atoms with E-state index in [0.717, 1.165) is 6.61 Å². The predicted molar refractivity (Wildman–Crippen MR) is 56.2 cm³/mol. The van der Waals surface area contributed by atoms with Gasteiger partial charge in [-0.05, 0) is 13.0 Å². The van der Waals surface area contributed by atoms with Crippen LogP contribution in [0, 0.1) is 0 Å². The molecule has 88 valence electrons. The molecule has 1 aliphatic heterocycles. The normalized spacial score (nSPS) is 21.6. The monoisotopic (exact) mass is 234 g/mol. The van der Waals surface area contributed by atoms with Gasteiger partial charge in [-0.3, -0.25) is 0 Å². The molecule has 0 aliphatic carbocycles. The van der Waals surface area contributed by atoms with Gasteiger partial charge in [0, 0.05) is 21.3 Å². The molecule has 1 fully saturated rings. The fourth-order valence-electron chi connectivity index (χ4n) is 1.25. The van der Waals surface area contributed by atoms with E-state index in [2.05, 4.69) is 0 Å². The van der Waals surface area contributed by atoms with Crippen molar-refractivity contribution < 1.29 is 22.8 Å². The van der Waals surface area contributed by atoms with Crippen LogP contribution in [-0.2, 0) is 22.8 Å². The highest BCUT2D eigenvalue weighted by Gasteiger charge is 2.45. The molecule has 15 heavy (non-hydrogen) atoms. The molecule has 6 heteroatoms. The molecule has 0 spiro atoms. The molecule has 0 amide bonds. The lowest BCUT2D eigenvalue weighted by Gasteiger charge is -2.26. The Kier molecular flexibility index (Phi) is 4.74. The van der Waals surface area contributed by atoms with E-state index in [9.17, 15) is 0 Å². The Labute approximate surface area is 91.3 Å². The topological polar surface area (TPSA) is 49.5 Å². The SMILES string of the molecule is CC=C(OCC1CO1)[Si](OC)(OC)OC. The number of epoxide rings is 1. The molecular formula is C9H18O5Si. The summed E-state index contributed by atoms with van der Waals surface area (Å²) < 4.78 is 26.5. The lowest BCUT2D eigenvalue weighted by atomic mass is 10.5. The van der Waals surface area contributed by atoms with Gasteiger partial charge < -0.3 is 22.8 Å². The Balaban J connectivity index is 2.59. The van der Waals surface area contributed by atoms with E-state index in [-0.39, 0.29) is 6.10 Å². The Morgan fingerprint density at radius 1 is 1.33 bits per heavy atom. The molecular weight excluding hydrogens is 216 g/mol. The summed E-state index contributed by atoms with van der Waals surface area (Å²) in [5, 5.41) is 0.630. The highest BCUT2D eigenvalue weighted by atomic mass is 28.4. The van der Waals surface area contributed by atoms with E-state index in [0.29, 0.717) is 12.0 Å². The van der Waals surface area contributed by atoms with Crippen molar-refractivity contribution in [1.29, 1.82) is 0 Å². The minimum atomic E-state index is -2.80. The molecule has 1 rings (SSSR count).